The van der Waals surface area contributed by atoms with E-state index in [1.807, 2.05) is 0 Å². The van der Waals surface area contributed by atoms with Gasteiger partial charge in [-0.25, -0.2) is 0 Å². The second-order valence-corrected chi connectivity index (χ2v) is 8.75. The van der Waals surface area contributed by atoms with Crippen LogP contribution in [0.3, 0.4) is 0 Å². The predicted octanol–water partition coefficient (Wildman–Crippen LogP) is 5.80. The number of halogens is 4. The first-order valence-electron chi connectivity index (χ1n) is 9.69. The maximum atomic E-state index is 13.5. The maximum Gasteiger partial charge on any atom is 0.471 e. The Labute approximate surface area is 182 Å². The van der Waals surface area contributed by atoms with Gasteiger partial charge in [0.15, 0.2) is 6.04 Å². The first-order valence-corrected chi connectivity index (χ1v) is 10.9. The van der Waals surface area contributed by atoms with Crippen molar-refractivity contribution in [3.05, 3.63) is 51.2 Å². The molecule has 0 spiro atoms. The fourth-order valence-electron chi connectivity index (χ4n) is 3.60. The van der Waals surface area contributed by atoms with Gasteiger partial charge in [0.25, 0.3) is 0 Å². The summed E-state index contributed by atoms with van der Waals surface area (Å²) in [5.74, 6) is -2.74. The van der Waals surface area contributed by atoms with E-state index in [1.54, 1.807) is 24.4 Å². The van der Waals surface area contributed by atoms with Crippen molar-refractivity contribution in [3.8, 4) is 0 Å². The fraction of sp³-hybridized carbons (Fsp3) is 0.429. The average molecular weight is 459 g/mol. The molecular weight excluding hydrogens is 437 g/mol. The van der Waals surface area contributed by atoms with Gasteiger partial charge in [0.2, 0.25) is 5.91 Å². The Bertz CT molecular complexity index is 896. The topological polar surface area (TPSA) is 49.4 Å². The van der Waals surface area contributed by atoms with Gasteiger partial charge in [-0.15, -0.1) is 11.3 Å². The molecule has 0 unspecified atom stereocenters. The number of hydrogen-bond donors (Lipinski definition) is 1. The number of thiophene rings is 1. The van der Waals surface area contributed by atoms with Crippen molar-refractivity contribution >= 4 is 40.4 Å². The minimum absolute atomic E-state index is 0.0786. The molecule has 9 heteroatoms. The van der Waals surface area contributed by atoms with Gasteiger partial charge in [-0.05, 0) is 48.9 Å². The van der Waals surface area contributed by atoms with E-state index in [9.17, 15) is 22.8 Å². The minimum atomic E-state index is -5.15. The van der Waals surface area contributed by atoms with Crippen molar-refractivity contribution in [2.24, 2.45) is 0 Å². The number of carbonyl (C=O) groups is 2. The number of anilines is 1. The van der Waals surface area contributed by atoms with Gasteiger partial charge in [-0.2, -0.15) is 13.2 Å². The van der Waals surface area contributed by atoms with Crippen LogP contribution in [0.5, 0.6) is 0 Å². The molecule has 1 fully saturated rings. The Morgan fingerprint density at radius 2 is 1.90 bits per heavy atom. The summed E-state index contributed by atoms with van der Waals surface area (Å²) in [6.07, 6.45) is -0.640. The first kappa shape index (κ1) is 22.6. The summed E-state index contributed by atoms with van der Waals surface area (Å²) in [6, 6.07) is 5.83. The quantitative estimate of drug-likeness (QED) is 0.616. The van der Waals surface area contributed by atoms with Crippen LogP contribution in [0.4, 0.5) is 18.9 Å². The lowest BCUT2D eigenvalue weighted by molar-refractivity contribution is -0.171. The molecule has 1 aliphatic rings. The van der Waals surface area contributed by atoms with Crippen LogP contribution in [0.2, 0.25) is 5.02 Å². The molecule has 1 saturated carbocycles. The average Bonchev–Trinajstić information content (AvgIpc) is 3.22. The molecule has 0 saturated heterocycles. The van der Waals surface area contributed by atoms with Gasteiger partial charge < -0.3 is 5.32 Å². The van der Waals surface area contributed by atoms with Crippen molar-refractivity contribution in [2.75, 3.05) is 4.90 Å². The Hall–Kier alpha value is -2.06. The summed E-state index contributed by atoms with van der Waals surface area (Å²) in [5, 5.41) is 4.74. The van der Waals surface area contributed by atoms with Crippen LogP contribution < -0.4 is 10.2 Å². The van der Waals surface area contributed by atoms with Gasteiger partial charge in [-0.1, -0.05) is 43.0 Å². The molecule has 162 valence electrons. The SMILES string of the molecule is Cc1ccc(N(C(=O)C(F)(F)F)[C@H](C(=O)NC2CCCCC2)c2cccs2)cc1Cl. The number of alkyl halides is 3. The summed E-state index contributed by atoms with van der Waals surface area (Å²) in [5.41, 5.74) is 0.573. The van der Waals surface area contributed by atoms with E-state index in [4.69, 9.17) is 11.6 Å². The smallest absolute Gasteiger partial charge is 0.351 e. The summed E-state index contributed by atoms with van der Waals surface area (Å²) >= 11 is 7.25. The number of benzene rings is 1. The number of rotatable bonds is 5. The van der Waals surface area contributed by atoms with Gasteiger partial charge in [-0.3, -0.25) is 14.5 Å². The molecule has 2 aromatic rings. The highest BCUT2D eigenvalue weighted by Gasteiger charge is 2.48. The zero-order valence-electron chi connectivity index (χ0n) is 16.3. The molecule has 0 radical (unpaired) electrons. The highest BCUT2D eigenvalue weighted by molar-refractivity contribution is 7.10. The molecule has 2 amide bonds. The third-order valence-electron chi connectivity index (χ3n) is 5.17. The Kier molecular flexibility index (Phi) is 7.08. The fourth-order valence-corrected chi connectivity index (χ4v) is 4.59. The van der Waals surface area contributed by atoms with Crippen molar-refractivity contribution in [1.29, 1.82) is 0 Å². The van der Waals surface area contributed by atoms with Crippen LogP contribution in [0.15, 0.2) is 35.7 Å². The zero-order valence-corrected chi connectivity index (χ0v) is 17.9. The molecule has 1 aromatic carbocycles. The number of aryl methyl sites for hydroxylation is 1. The van der Waals surface area contributed by atoms with E-state index in [1.165, 1.54) is 18.2 Å². The molecule has 1 aromatic heterocycles. The van der Waals surface area contributed by atoms with Gasteiger partial charge in [0.05, 0.1) is 0 Å². The zero-order chi connectivity index (χ0) is 21.9. The lowest BCUT2D eigenvalue weighted by atomic mass is 9.95. The first-order chi connectivity index (χ1) is 14.2. The molecule has 1 N–H and O–H groups in total. The van der Waals surface area contributed by atoms with Crippen molar-refractivity contribution in [3.63, 3.8) is 0 Å². The number of nitrogens with one attached hydrogen (secondary N) is 1. The normalized spacial score (nSPS) is 16.2. The molecule has 30 heavy (non-hydrogen) atoms. The molecule has 0 aliphatic heterocycles. The lowest BCUT2D eigenvalue weighted by Crippen LogP contribution is -2.50. The molecule has 1 atom stereocenters. The number of amides is 2. The van der Waals surface area contributed by atoms with Gasteiger partial charge >= 0.3 is 12.1 Å². The summed E-state index contributed by atoms with van der Waals surface area (Å²) < 4.78 is 40.6. The van der Waals surface area contributed by atoms with E-state index in [0.717, 1.165) is 43.4 Å². The number of carbonyl (C=O) groups excluding carboxylic acids is 2. The van der Waals surface area contributed by atoms with E-state index >= 15 is 0 Å². The number of nitrogens with zero attached hydrogens (tertiary/aromatic N) is 1. The van der Waals surface area contributed by atoms with E-state index in [-0.39, 0.29) is 16.8 Å². The predicted molar refractivity (Wildman–Crippen MR) is 112 cm³/mol. The molecule has 0 bridgehead atoms. The standard InChI is InChI=1S/C21H22ClF3N2O2S/c1-13-9-10-15(12-16(13)22)27(20(29)21(23,24)25)18(17-8-5-11-30-17)19(28)26-14-6-3-2-4-7-14/h5,8-12,14,18H,2-4,6-7H2,1H3,(H,26,28)/t18-/m0/s1. The molecular formula is C21H22ClF3N2O2S. The van der Waals surface area contributed by atoms with Crippen molar-refractivity contribution < 1.29 is 22.8 Å². The monoisotopic (exact) mass is 458 g/mol. The molecule has 1 aliphatic carbocycles. The minimum Gasteiger partial charge on any atom is -0.351 e. The summed E-state index contributed by atoms with van der Waals surface area (Å²) in [6.45, 7) is 1.70. The maximum absolute atomic E-state index is 13.5. The Balaban J connectivity index is 2.05. The summed E-state index contributed by atoms with van der Waals surface area (Å²) in [7, 11) is 0. The van der Waals surface area contributed by atoms with Crippen LogP contribution in [0, 0.1) is 6.92 Å². The Morgan fingerprint density at radius 3 is 2.47 bits per heavy atom. The van der Waals surface area contributed by atoms with Crippen LogP contribution in [0.25, 0.3) is 0 Å². The van der Waals surface area contributed by atoms with Crippen molar-refractivity contribution in [1.82, 2.24) is 5.32 Å². The van der Waals surface area contributed by atoms with Crippen LogP contribution in [-0.4, -0.2) is 24.0 Å². The van der Waals surface area contributed by atoms with E-state index < -0.39 is 24.0 Å². The Morgan fingerprint density at radius 1 is 1.20 bits per heavy atom. The van der Waals surface area contributed by atoms with Gasteiger partial charge in [0.1, 0.15) is 0 Å². The summed E-state index contributed by atoms with van der Waals surface area (Å²) in [4.78, 5) is 26.5. The van der Waals surface area contributed by atoms with Crippen LogP contribution >= 0.6 is 22.9 Å². The van der Waals surface area contributed by atoms with Crippen LogP contribution in [0.1, 0.15) is 48.6 Å². The molecule has 3 rings (SSSR count). The highest BCUT2D eigenvalue weighted by atomic mass is 35.5. The second kappa shape index (κ2) is 9.39. The van der Waals surface area contributed by atoms with Gasteiger partial charge in [0, 0.05) is 21.6 Å². The molecule has 4 nitrogen and oxygen atoms in total. The van der Waals surface area contributed by atoms with Crippen molar-refractivity contribution in [2.45, 2.75) is 57.3 Å². The number of hydrogen-bond acceptors (Lipinski definition) is 3. The highest BCUT2D eigenvalue weighted by Crippen LogP contribution is 2.36. The van der Waals surface area contributed by atoms with Crippen LogP contribution in [-0.2, 0) is 9.59 Å². The van der Waals surface area contributed by atoms with E-state index in [0.29, 0.717) is 15.3 Å². The second-order valence-electron chi connectivity index (χ2n) is 7.37. The largest absolute Gasteiger partial charge is 0.471 e. The van der Waals surface area contributed by atoms with E-state index in [2.05, 4.69) is 5.32 Å². The third kappa shape index (κ3) is 5.16. The third-order valence-corrected chi connectivity index (χ3v) is 6.50. The molecule has 1 heterocycles. The lowest BCUT2D eigenvalue weighted by Gasteiger charge is -2.33.